The molecule has 0 unspecified atom stereocenters. The number of rotatable bonds is 3. The summed E-state index contributed by atoms with van der Waals surface area (Å²) in [5.41, 5.74) is 7.93. The fourth-order valence-corrected chi connectivity index (χ4v) is 5.82. The lowest BCUT2D eigenvalue weighted by Gasteiger charge is -2.32. The van der Waals surface area contributed by atoms with Crippen molar-refractivity contribution in [2.45, 2.75) is 32.1 Å². The van der Waals surface area contributed by atoms with Crippen molar-refractivity contribution in [2.75, 3.05) is 0 Å². The van der Waals surface area contributed by atoms with Crippen LogP contribution >= 0.6 is 0 Å². The molecule has 0 saturated carbocycles. The highest BCUT2D eigenvalue weighted by atomic mass is 14.7. The van der Waals surface area contributed by atoms with E-state index >= 15 is 0 Å². The van der Waals surface area contributed by atoms with Crippen LogP contribution in [0.25, 0.3) is 43.9 Å². The number of pyridine rings is 1. The zero-order valence-corrected chi connectivity index (χ0v) is 18.0. The summed E-state index contributed by atoms with van der Waals surface area (Å²) >= 11 is 0. The summed E-state index contributed by atoms with van der Waals surface area (Å²) in [4.78, 5) is 4.98. The van der Waals surface area contributed by atoms with Crippen LogP contribution in [0.15, 0.2) is 91.1 Å². The van der Waals surface area contributed by atoms with Gasteiger partial charge in [0.15, 0.2) is 0 Å². The van der Waals surface area contributed by atoms with Gasteiger partial charge in [-0.2, -0.15) is 0 Å². The first-order valence-electron chi connectivity index (χ1n) is 11.3. The Labute approximate surface area is 183 Å². The lowest BCUT2D eigenvalue weighted by molar-refractivity contribution is 0.494. The van der Waals surface area contributed by atoms with E-state index in [2.05, 4.69) is 98.8 Å². The van der Waals surface area contributed by atoms with Crippen LogP contribution < -0.4 is 0 Å². The zero-order chi connectivity index (χ0) is 21.0. The van der Waals surface area contributed by atoms with E-state index in [1.165, 1.54) is 49.4 Å². The molecule has 0 atom stereocenters. The molecule has 0 amide bonds. The average molecular weight is 400 g/mol. The molecule has 1 heterocycles. The molecule has 0 saturated heterocycles. The van der Waals surface area contributed by atoms with Gasteiger partial charge in [-0.3, -0.25) is 4.98 Å². The summed E-state index contributed by atoms with van der Waals surface area (Å²) in [6.45, 7) is 4.67. The maximum atomic E-state index is 4.98. The van der Waals surface area contributed by atoms with E-state index in [4.69, 9.17) is 4.98 Å². The Morgan fingerprint density at radius 2 is 1.32 bits per heavy atom. The van der Waals surface area contributed by atoms with Crippen LogP contribution in [0, 0.1) is 0 Å². The maximum absolute atomic E-state index is 4.98. The highest BCUT2D eigenvalue weighted by Crippen LogP contribution is 2.57. The van der Waals surface area contributed by atoms with Crippen molar-refractivity contribution in [1.82, 2.24) is 4.98 Å². The van der Waals surface area contributed by atoms with Crippen LogP contribution in [0.5, 0.6) is 0 Å². The van der Waals surface area contributed by atoms with Gasteiger partial charge in [0.05, 0.1) is 5.69 Å². The Hall–Kier alpha value is -3.45. The van der Waals surface area contributed by atoms with Gasteiger partial charge in [0.2, 0.25) is 0 Å². The Kier molecular flexibility index (Phi) is 4.01. The SMILES string of the molecule is CCC1(CC)c2c(ccnc2-c2ccc3ccccc3c2)-c2ccc3ccccc3c21. The van der Waals surface area contributed by atoms with E-state index in [1.54, 1.807) is 0 Å². The maximum Gasteiger partial charge on any atom is 0.0749 e. The Bertz CT molecular complexity index is 1460. The molecule has 150 valence electrons. The molecule has 1 aliphatic carbocycles. The molecule has 31 heavy (non-hydrogen) atoms. The van der Waals surface area contributed by atoms with Gasteiger partial charge in [-0.15, -0.1) is 0 Å². The summed E-state index contributed by atoms with van der Waals surface area (Å²) in [5, 5.41) is 5.23. The highest BCUT2D eigenvalue weighted by Gasteiger charge is 2.43. The third kappa shape index (κ3) is 2.47. The first-order chi connectivity index (χ1) is 15.3. The molecule has 0 spiro atoms. The number of fused-ring (bicyclic) bond motifs is 6. The summed E-state index contributed by atoms with van der Waals surface area (Å²) in [5.74, 6) is 0. The van der Waals surface area contributed by atoms with E-state index in [-0.39, 0.29) is 5.41 Å². The van der Waals surface area contributed by atoms with Gasteiger partial charge in [-0.25, -0.2) is 0 Å². The largest absolute Gasteiger partial charge is 0.256 e. The van der Waals surface area contributed by atoms with Crippen molar-refractivity contribution < 1.29 is 0 Å². The molecule has 0 radical (unpaired) electrons. The summed E-state index contributed by atoms with van der Waals surface area (Å²) in [7, 11) is 0. The van der Waals surface area contributed by atoms with Gasteiger partial charge in [-0.1, -0.05) is 86.6 Å². The van der Waals surface area contributed by atoms with Crippen molar-refractivity contribution in [3.8, 4) is 22.4 Å². The number of nitrogens with zero attached hydrogens (tertiary/aromatic N) is 1. The summed E-state index contributed by atoms with van der Waals surface area (Å²) < 4.78 is 0. The molecule has 1 heteroatoms. The third-order valence-corrected chi connectivity index (χ3v) is 7.36. The number of hydrogen-bond acceptors (Lipinski definition) is 1. The van der Waals surface area contributed by atoms with Crippen molar-refractivity contribution in [3.63, 3.8) is 0 Å². The molecule has 6 rings (SSSR count). The molecule has 0 fully saturated rings. The van der Waals surface area contributed by atoms with Crippen LogP contribution in [0.4, 0.5) is 0 Å². The first-order valence-corrected chi connectivity index (χ1v) is 11.3. The fourth-order valence-electron chi connectivity index (χ4n) is 5.82. The van der Waals surface area contributed by atoms with Crippen molar-refractivity contribution >= 4 is 21.5 Å². The number of benzene rings is 4. The number of aromatic nitrogens is 1. The topological polar surface area (TPSA) is 12.9 Å². The third-order valence-electron chi connectivity index (χ3n) is 7.36. The van der Waals surface area contributed by atoms with Crippen LogP contribution in [0.2, 0.25) is 0 Å². The molecular weight excluding hydrogens is 374 g/mol. The minimum Gasteiger partial charge on any atom is -0.256 e. The van der Waals surface area contributed by atoms with Crippen LogP contribution in [-0.4, -0.2) is 4.98 Å². The van der Waals surface area contributed by atoms with Crippen molar-refractivity contribution in [2.24, 2.45) is 0 Å². The molecule has 4 aromatic carbocycles. The molecule has 0 aliphatic heterocycles. The minimum atomic E-state index is -0.0270. The van der Waals surface area contributed by atoms with E-state index < -0.39 is 0 Å². The molecule has 5 aromatic rings. The minimum absolute atomic E-state index is 0.0270. The Morgan fingerprint density at radius 3 is 2.13 bits per heavy atom. The monoisotopic (exact) mass is 399 g/mol. The smallest absolute Gasteiger partial charge is 0.0749 e. The van der Waals surface area contributed by atoms with E-state index in [9.17, 15) is 0 Å². The Morgan fingerprint density at radius 1 is 0.645 bits per heavy atom. The normalized spacial score (nSPS) is 14.0. The lowest BCUT2D eigenvalue weighted by atomic mass is 9.71. The highest BCUT2D eigenvalue weighted by molar-refractivity contribution is 5.99. The molecule has 1 nitrogen and oxygen atoms in total. The van der Waals surface area contributed by atoms with Crippen LogP contribution in [0.3, 0.4) is 0 Å². The van der Waals surface area contributed by atoms with E-state index in [0.29, 0.717) is 0 Å². The van der Waals surface area contributed by atoms with Gasteiger partial charge in [0, 0.05) is 17.2 Å². The van der Waals surface area contributed by atoms with Crippen LogP contribution in [0.1, 0.15) is 37.8 Å². The second kappa shape index (κ2) is 6.78. The zero-order valence-electron chi connectivity index (χ0n) is 18.0. The van der Waals surface area contributed by atoms with Crippen molar-refractivity contribution in [1.29, 1.82) is 0 Å². The molecule has 1 aliphatic rings. The fraction of sp³-hybridized carbons (Fsp3) is 0.167. The molecule has 0 bridgehead atoms. The van der Waals surface area contributed by atoms with Gasteiger partial charge in [0.25, 0.3) is 0 Å². The van der Waals surface area contributed by atoms with Gasteiger partial charge < -0.3 is 0 Å². The standard InChI is InChI=1S/C30H25N/c1-3-30(4-2)27-24-12-8-7-10-21(24)15-16-25(27)26-17-18-31-29(28(26)30)23-14-13-20-9-5-6-11-22(20)19-23/h5-19H,3-4H2,1-2H3. The van der Waals surface area contributed by atoms with Gasteiger partial charge >= 0.3 is 0 Å². The summed E-state index contributed by atoms with van der Waals surface area (Å²) in [6, 6.07) is 31.0. The second-order valence-electron chi connectivity index (χ2n) is 8.64. The van der Waals surface area contributed by atoms with E-state index in [0.717, 1.165) is 18.5 Å². The van der Waals surface area contributed by atoms with Gasteiger partial charge in [0.1, 0.15) is 0 Å². The predicted octanol–water partition coefficient (Wildman–Crippen LogP) is 8.14. The van der Waals surface area contributed by atoms with Crippen LogP contribution in [-0.2, 0) is 5.41 Å². The number of hydrogen-bond donors (Lipinski definition) is 0. The first kappa shape index (κ1) is 18.3. The van der Waals surface area contributed by atoms with Gasteiger partial charge in [-0.05, 0) is 68.8 Å². The average Bonchev–Trinajstić information content (AvgIpc) is 3.14. The predicted molar refractivity (Wildman–Crippen MR) is 131 cm³/mol. The summed E-state index contributed by atoms with van der Waals surface area (Å²) in [6.07, 6.45) is 4.11. The Balaban J connectivity index is 1.69. The quantitative estimate of drug-likeness (QED) is 0.298. The molecule has 1 aromatic heterocycles. The van der Waals surface area contributed by atoms with E-state index in [1.807, 2.05) is 6.20 Å². The van der Waals surface area contributed by atoms with Crippen molar-refractivity contribution in [3.05, 3.63) is 102 Å². The second-order valence-corrected chi connectivity index (χ2v) is 8.64. The molecule has 0 N–H and O–H groups in total. The molecular formula is C30H25N. The lowest BCUT2D eigenvalue weighted by Crippen LogP contribution is -2.24.